The number of aliphatic hydroxyl groups excluding tert-OH is 9. The number of allylic oxidation sites excluding steroid dienone is 2. The van der Waals surface area contributed by atoms with Crippen molar-refractivity contribution in [3.8, 4) is 0 Å². The van der Waals surface area contributed by atoms with Crippen molar-refractivity contribution in [2.24, 2.45) is 50.2 Å². The summed E-state index contributed by atoms with van der Waals surface area (Å²) in [5.74, 6) is -5.97. The van der Waals surface area contributed by atoms with Crippen LogP contribution < -0.4 is 0 Å². The van der Waals surface area contributed by atoms with Crippen molar-refractivity contribution in [2.45, 2.75) is 217 Å². The molecule has 0 radical (unpaired) electrons. The van der Waals surface area contributed by atoms with Crippen molar-refractivity contribution >= 4 is 23.9 Å². The van der Waals surface area contributed by atoms with Gasteiger partial charge in [-0.25, -0.2) is 14.4 Å². The fraction of sp³-hybridized carbons (Fsp3) is 0.885. The van der Waals surface area contributed by atoms with E-state index in [4.69, 9.17) is 37.9 Å². The lowest BCUT2D eigenvalue weighted by molar-refractivity contribution is -0.380. The summed E-state index contributed by atoms with van der Waals surface area (Å²) in [7, 11) is 0. The Hall–Kier alpha value is -3.02. The Balaban J connectivity index is 1.08. The molecule has 0 aromatic heterocycles. The number of ether oxygens (including phenoxy) is 8. The molecule has 0 amide bonds. The molecule has 1 unspecified atom stereocenters. The zero-order valence-electron chi connectivity index (χ0n) is 44.1. The van der Waals surface area contributed by atoms with Gasteiger partial charge in [-0.1, -0.05) is 60.1 Å². The molecule has 3 aliphatic heterocycles. The smallest absolute Gasteiger partial charge is 0.337 e. The van der Waals surface area contributed by atoms with Crippen LogP contribution in [-0.2, 0) is 57.1 Å². The number of carboxylic acids is 3. The van der Waals surface area contributed by atoms with E-state index in [1.807, 2.05) is 13.8 Å². The normalized spacial score (nSPS) is 47.6. The lowest BCUT2D eigenvalue weighted by atomic mass is 9.33. The second-order valence-corrected chi connectivity index (χ2v) is 25.0. The molecule has 0 aromatic rings. The van der Waals surface area contributed by atoms with E-state index in [2.05, 4.69) is 40.7 Å². The van der Waals surface area contributed by atoms with Crippen LogP contribution in [0.25, 0.3) is 0 Å². The van der Waals surface area contributed by atoms with Gasteiger partial charge < -0.3 is 99.2 Å². The zero-order valence-corrected chi connectivity index (χ0v) is 44.1. The van der Waals surface area contributed by atoms with Crippen LogP contribution in [-0.4, -0.2) is 209 Å². The second kappa shape index (κ2) is 21.5. The standard InChI is InChI=1S/C52H80O24/c1-47(2)14-16-52(46(68)76-44-34(61)32(59)31(58)25(19-53)71-44)17-15-50(6)22(23(52)18-47)8-9-27-49(5)12-11-28(48(3,4)26(49)10-13-51(27,50)7)72-45-39(75-42-33(60)30(57)24(54)20-69-42)37(35(62)38(74-45)41(66)67)73-43(36(63)40(64)65)70-21-29(55)56/h8,23-28,30-39,42-45,53-54,57-63H,9-21H2,1-7H3,(H,55,56)(H,64,65)(H,66,67)/t23-,24+,25+,26?,27+,28-,30-,31+,32-,33+,34+,35-,36-,37-,38-,39+,42-,43+,44-,45+,49-,50+,51+,52-/m0/s1. The van der Waals surface area contributed by atoms with Crippen molar-refractivity contribution < 1.29 is 118 Å². The van der Waals surface area contributed by atoms with Crippen LogP contribution in [0.15, 0.2) is 11.6 Å². The number of esters is 1. The van der Waals surface area contributed by atoms with Gasteiger partial charge in [0.25, 0.3) is 0 Å². The van der Waals surface area contributed by atoms with E-state index in [1.54, 1.807) is 0 Å². The maximum absolute atomic E-state index is 14.8. The van der Waals surface area contributed by atoms with Gasteiger partial charge in [-0.3, -0.25) is 4.79 Å². The van der Waals surface area contributed by atoms with Crippen molar-refractivity contribution in [3.63, 3.8) is 0 Å². The molecule has 12 N–H and O–H groups in total. The lowest BCUT2D eigenvalue weighted by Gasteiger charge is -2.71. The molecule has 0 spiro atoms. The number of carbonyl (C=O) groups is 4. The van der Waals surface area contributed by atoms with Crippen LogP contribution in [0.5, 0.6) is 0 Å². The molecule has 3 saturated heterocycles. The van der Waals surface area contributed by atoms with E-state index in [0.29, 0.717) is 51.4 Å². The molecule has 24 heteroatoms. The maximum atomic E-state index is 14.8. The Morgan fingerprint density at radius 3 is 2.04 bits per heavy atom. The monoisotopic (exact) mass is 1090 g/mol. The third-order valence-electron chi connectivity index (χ3n) is 20.0. The number of hydrogen-bond donors (Lipinski definition) is 12. The summed E-state index contributed by atoms with van der Waals surface area (Å²) in [5.41, 5.74) is -1.65. The SMILES string of the molecule is CC1(C)CC[C@]2(C(=O)O[C@@H]3O[C@H](CO)[C@@H](O)[C@H](O)[C@H]3O)CC[C@]3(C)C(=CC[C@@H]4[C@@]5(C)CC[C@H](O[C@@H]6O[C@H](C(=O)O)[C@@H](O)[C@H](O[C@@H](OCC(=O)O)[C@@H](O)C(=O)O)[C@H]6O[C@@H]6OC[C@@H](O)[C@H](O)[C@H]6O)C(C)(C)C5CC[C@]43C)[C@@H]2C1. The highest BCUT2D eigenvalue weighted by Gasteiger charge is 2.70. The fourth-order valence-corrected chi connectivity index (χ4v) is 15.5. The summed E-state index contributed by atoms with van der Waals surface area (Å²) < 4.78 is 46.9. The number of fused-ring (bicyclic) bond motifs is 7. The summed E-state index contributed by atoms with van der Waals surface area (Å²) in [5, 5.41) is 125. The van der Waals surface area contributed by atoms with Gasteiger partial charge >= 0.3 is 23.9 Å². The highest BCUT2D eigenvalue weighted by molar-refractivity contribution is 5.79. The Labute approximate surface area is 440 Å². The van der Waals surface area contributed by atoms with Gasteiger partial charge in [-0.2, -0.15) is 0 Å². The van der Waals surface area contributed by atoms with Crippen molar-refractivity contribution in [2.75, 3.05) is 19.8 Å². The number of aliphatic hydroxyl groups is 9. The Bertz CT molecular complexity index is 2190. The minimum Gasteiger partial charge on any atom is -0.480 e. The second-order valence-electron chi connectivity index (χ2n) is 25.0. The number of aliphatic carboxylic acids is 3. The largest absolute Gasteiger partial charge is 0.480 e. The highest BCUT2D eigenvalue weighted by Crippen LogP contribution is 2.76. The van der Waals surface area contributed by atoms with Gasteiger partial charge in [0.05, 0.1) is 24.7 Å². The van der Waals surface area contributed by atoms with Gasteiger partial charge in [-0.15, -0.1) is 0 Å². The molecule has 4 saturated carbocycles. The Morgan fingerprint density at radius 2 is 1.39 bits per heavy atom. The van der Waals surface area contributed by atoms with Gasteiger partial charge in [0.2, 0.25) is 12.4 Å². The molecule has 24 atom stereocenters. The number of rotatable bonds is 15. The quantitative estimate of drug-likeness (QED) is 0.0436. The predicted molar refractivity (Wildman–Crippen MR) is 255 cm³/mol. The first-order chi connectivity index (χ1) is 35.4. The highest BCUT2D eigenvalue weighted by atomic mass is 16.8. The molecule has 0 aromatic carbocycles. The first kappa shape index (κ1) is 59.1. The third kappa shape index (κ3) is 10.0. The van der Waals surface area contributed by atoms with E-state index in [9.17, 15) is 80.5 Å². The first-order valence-electron chi connectivity index (χ1n) is 26.5. The molecule has 7 fully saturated rings. The Morgan fingerprint density at radius 1 is 0.724 bits per heavy atom. The van der Waals surface area contributed by atoms with Crippen LogP contribution in [0.3, 0.4) is 0 Å². The molecule has 0 bridgehead atoms. The molecular formula is C52H80O24. The number of carbonyl (C=O) groups excluding carboxylic acids is 1. The topological polar surface area (TPSA) is 385 Å². The van der Waals surface area contributed by atoms with Gasteiger partial charge in [-0.05, 0) is 109 Å². The molecule has 24 nitrogen and oxygen atoms in total. The van der Waals surface area contributed by atoms with Crippen LogP contribution in [0.2, 0.25) is 0 Å². The molecule has 5 aliphatic carbocycles. The minimum absolute atomic E-state index is 0.0456. The van der Waals surface area contributed by atoms with E-state index < -0.39 is 159 Å². The summed E-state index contributed by atoms with van der Waals surface area (Å²) in [6.45, 7) is 13.0. The number of hydrogen-bond acceptors (Lipinski definition) is 21. The van der Waals surface area contributed by atoms with Gasteiger partial charge in [0.1, 0.15) is 67.6 Å². The predicted octanol–water partition coefficient (Wildman–Crippen LogP) is -0.231. The summed E-state index contributed by atoms with van der Waals surface area (Å²) >= 11 is 0. The van der Waals surface area contributed by atoms with Crippen LogP contribution in [0, 0.1) is 50.2 Å². The molecule has 3 heterocycles. The van der Waals surface area contributed by atoms with E-state index in [0.717, 1.165) is 12.8 Å². The first-order valence-corrected chi connectivity index (χ1v) is 26.5. The van der Waals surface area contributed by atoms with Crippen molar-refractivity contribution in [1.82, 2.24) is 0 Å². The summed E-state index contributed by atoms with van der Waals surface area (Å²) in [4.78, 5) is 51.1. The summed E-state index contributed by atoms with van der Waals surface area (Å²) in [6.07, 6.45) is -22.4. The van der Waals surface area contributed by atoms with E-state index in [1.165, 1.54) is 5.57 Å². The fourth-order valence-electron chi connectivity index (χ4n) is 15.5. The average Bonchev–Trinajstić information content (AvgIpc) is 3.42. The van der Waals surface area contributed by atoms with Crippen molar-refractivity contribution in [3.05, 3.63) is 11.6 Å². The molecule has 76 heavy (non-hydrogen) atoms. The summed E-state index contributed by atoms with van der Waals surface area (Å²) in [6, 6.07) is 0. The molecule has 8 rings (SSSR count). The van der Waals surface area contributed by atoms with Crippen LogP contribution >= 0.6 is 0 Å². The molecule has 8 aliphatic rings. The third-order valence-corrected chi connectivity index (χ3v) is 20.0. The zero-order chi connectivity index (χ0) is 56.0. The maximum Gasteiger partial charge on any atom is 0.337 e. The average molecular weight is 1090 g/mol. The minimum atomic E-state index is -2.58. The van der Waals surface area contributed by atoms with E-state index in [-0.39, 0.29) is 39.4 Å². The molecule has 432 valence electrons. The lowest BCUT2D eigenvalue weighted by Crippen LogP contribution is -2.67. The van der Waals surface area contributed by atoms with Crippen molar-refractivity contribution in [1.29, 1.82) is 0 Å². The Kier molecular flexibility index (Phi) is 16.7. The van der Waals surface area contributed by atoms with Crippen LogP contribution in [0.1, 0.15) is 113 Å². The van der Waals surface area contributed by atoms with Gasteiger partial charge in [0.15, 0.2) is 25.0 Å². The van der Waals surface area contributed by atoms with Gasteiger partial charge in [0, 0.05) is 0 Å². The number of carboxylic acid groups (broad SMARTS) is 3. The van der Waals surface area contributed by atoms with E-state index >= 15 is 0 Å². The molecular weight excluding hydrogens is 1010 g/mol. The van der Waals surface area contributed by atoms with Crippen LogP contribution in [0.4, 0.5) is 0 Å².